The smallest absolute Gasteiger partial charge is 0.300 e. The first-order chi connectivity index (χ1) is 8.63. The number of anilines is 1. The Morgan fingerprint density at radius 2 is 2.17 bits per heavy atom. The van der Waals surface area contributed by atoms with Crippen LogP contribution in [0.2, 0.25) is 0 Å². The number of carbonyl (C=O) groups excluding carboxylic acids is 1. The minimum Gasteiger partial charge on any atom is -0.374 e. The average Bonchev–Trinajstić information content (AvgIpc) is 2.84. The number of aromatic nitrogens is 2. The number of hydrogen-bond acceptors (Lipinski definition) is 7. The van der Waals surface area contributed by atoms with Crippen molar-refractivity contribution >= 4 is 28.3 Å². The van der Waals surface area contributed by atoms with Crippen LogP contribution in [0.25, 0.3) is 11.0 Å². The highest BCUT2D eigenvalue weighted by Crippen LogP contribution is 2.28. The van der Waals surface area contributed by atoms with Gasteiger partial charge in [-0.2, -0.15) is 0 Å². The molecule has 0 aliphatic heterocycles. The average molecular weight is 251 g/mol. The summed E-state index contributed by atoms with van der Waals surface area (Å²) in [4.78, 5) is 21.3. The number of nitro benzene ring substituents is 1. The maximum Gasteiger partial charge on any atom is 0.300 e. The van der Waals surface area contributed by atoms with Crippen molar-refractivity contribution < 1.29 is 14.3 Å². The summed E-state index contributed by atoms with van der Waals surface area (Å²) in [6.07, 6.45) is 0. The van der Waals surface area contributed by atoms with Crippen molar-refractivity contribution in [3.8, 4) is 0 Å². The Hall–Kier alpha value is -2.71. The second kappa shape index (κ2) is 4.65. The topological polar surface area (TPSA) is 123 Å². The molecule has 1 aromatic carbocycles. The van der Waals surface area contributed by atoms with Crippen LogP contribution in [-0.4, -0.2) is 34.7 Å². The summed E-state index contributed by atoms with van der Waals surface area (Å²) in [6, 6.07) is 2.73. The third kappa shape index (κ3) is 2.05. The van der Waals surface area contributed by atoms with Gasteiger partial charge in [0.05, 0.1) is 17.2 Å². The normalized spacial score (nSPS) is 10.3. The molecule has 9 heteroatoms. The molecule has 0 bridgehead atoms. The lowest BCUT2D eigenvalue weighted by Gasteiger charge is -2.04. The lowest BCUT2D eigenvalue weighted by Crippen LogP contribution is -2.26. The van der Waals surface area contributed by atoms with Crippen LogP contribution < -0.4 is 10.6 Å². The Balaban J connectivity index is 2.36. The van der Waals surface area contributed by atoms with E-state index in [0.29, 0.717) is 5.69 Å². The van der Waals surface area contributed by atoms with Gasteiger partial charge in [-0.25, -0.2) is 4.63 Å². The molecule has 9 nitrogen and oxygen atoms in total. The highest BCUT2D eigenvalue weighted by Gasteiger charge is 2.19. The number of amides is 1. The quantitative estimate of drug-likeness (QED) is 0.591. The van der Waals surface area contributed by atoms with Crippen LogP contribution in [0.15, 0.2) is 16.8 Å². The minimum absolute atomic E-state index is 0.0241. The van der Waals surface area contributed by atoms with Gasteiger partial charge in [0.15, 0.2) is 5.52 Å². The molecule has 94 valence electrons. The van der Waals surface area contributed by atoms with Crippen LogP contribution in [0.1, 0.15) is 0 Å². The molecule has 0 aliphatic carbocycles. The second-order valence-electron chi connectivity index (χ2n) is 3.38. The van der Waals surface area contributed by atoms with E-state index in [0.717, 1.165) is 0 Å². The molecule has 0 atom stereocenters. The van der Waals surface area contributed by atoms with Crippen molar-refractivity contribution in [1.29, 1.82) is 0 Å². The molecule has 0 saturated heterocycles. The molecule has 2 aromatic rings. The Morgan fingerprint density at radius 3 is 2.83 bits per heavy atom. The van der Waals surface area contributed by atoms with E-state index in [1.165, 1.54) is 19.2 Å². The molecule has 0 unspecified atom stereocenters. The minimum atomic E-state index is -0.574. The van der Waals surface area contributed by atoms with E-state index in [9.17, 15) is 14.9 Å². The molecule has 0 radical (unpaired) electrons. The summed E-state index contributed by atoms with van der Waals surface area (Å²) in [5, 5.41) is 23.0. The molecular weight excluding hydrogens is 242 g/mol. The molecular formula is C9H9N5O4. The van der Waals surface area contributed by atoms with Crippen LogP contribution in [-0.2, 0) is 4.79 Å². The summed E-state index contributed by atoms with van der Waals surface area (Å²) in [5.41, 5.74) is 0.507. The van der Waals surface area contributed by atoms with Crippen LogP contribution in [0.5, 0.6) is 0 Å². The van der Waals surface area contributed by atoms with Crippen molar-refractivity contribution in [1.82, 2.24) is 15.6 Å². The Labute approximate surface area is 100 Å². The van der Waals surface area contributed by atoms with Crippen LogP contribution in [0.3, 0.4) is 0 Å². The van der Waals surface area contributed by atoms with Crippen molar-refractivity contribution in [2.24, 2.45) is 0 Å². The summed E-state index contributed by atoms with van der Waals surface area (Å²) >= 11 is 0. The molecule has 0 spiro atoms. The van der Waals surface area contributed by atoms with Crippen LogP contribution in [0.4, 0.5) is 11.4 Å². The van der Waals surface area contributed by atoms with E-state index < -0.39 is 4.92 Å². The monoisotopic (exact) mass is 251 g/mol. The fourth-order valence-corrected chi connectivity index (χ4v) is 1.41. The fourth-order valence-electron chi connectivity index (χ4n) is 1.41. The van der Waals surface area contributed by atoms with E-state index in [1.807, 2.05) is 0 Å². The van der Waals surface area contributed by atoms with Crippen molar-refractivity contribution in [2.45, 2.75) is 0 Å². The summed E-state index contributed by atoms with van der Waals surface area (Å²) in [7, 11) is 1.51. The first-order valence-corrected chi connectivity index (χ1v) is 4.97. The van der Waals surface area contributed by atoms with Gasteiger partial charge in [0.25, 0.3) is 0 Å². The first-order valence-electron chi connectivity index (χ1n) is 4.97. The number of nitrogens with one attached hydrogen (secondary N) is 2. The molecule has 1 aromatic heterocycles. The molecule has 0 fully saturated rings. The molecule has 0 saturated carbocycles. The Kier molecular flexibility index (Phi) is 3.04. The van der Waals surface area contributed by atoms with Gasteiger partial charge in [-0.1, -0.05) is 0 Å². The van der Waals surface area contributed by atoms with Gasteiger partial charge in [0.2, 0.25) is 11.4 Å². The predicted octanol–water partition coefficient (Wildman–Crippen LogP) is 0.289. The van der Waals surface area contributed by atoms with Crippen LogP contribution in [0, 0.1) is 10.1 Å². The van der Waals surface area contributed by atoms with Gasteiger partial charge in [-0.15, -0.1) is 0 Å². The largest absolute Gasteiger partial charge is 0.374 e. The third-order valence-corrected chi connectivity index (χ3v) is 2.31. The number of likely N-dealkylation sites (N-methyl/N-ethyl adjacent to an activating group) is 1. The summed E-state index contributed by atoms with van der Waals surface area (Å²) < 4.78 is 4.48. The number of benzene rings is 1. The van der Waals surface area contributed by atoms with E-state index in [4.69, 9.17) is 0 Å². The van der Waals surface area contributed by atoms with Gasteiger partial charge >= 0.3 is 5.69 Å². The highest BCUT2D eigenvalue weighted by molar-refractivity contribution is 5.94. The number of hydrogen-bond donors (Lipinski definition) is 2. The number of nitro groups is 1. The zero-order valence-electron chi connectivity index (χ0n) is 9.34. The zero-order chi connectivity index (χ0) is 13.1. The van der Waals surface area contributed by atoms with Crippen molar-refractivity contribution in [3.63, 3.8) is 0 Å². The third-order valence-electron chi connectivity index (χ3n) is 2.31. The van der Waals surface area contributed by atoms with Gasteiger partial charge in [0, 0.05) is 13.1 Å². The Morgan fingerprint density at radius 1 is 1.44 bits per heavy atom. The van der Waals surface area contributed by atoms with E-state index >= 15 is 0 Å². The van der Waals surface area contributed by atoms with Crippen molar-refractivity contribution in [3.05, 3.63) is 22.2 Å². The van der Waals surface area contributed by atoms with Gasteiger partial charge in [-0.3, -0.25) is 14.9 Å². The first kappa shape index (κ1) is 11.8. The summed E-state index contributed by atoms with van der Waals surface area (Å²) in [6.45, 7) is 0.0241. The SMILES string of the molecule is CNC(=O)CNc1ccc([N+](=O)[O-])c2nonc12. The van der Waals surface area contributed by atoms with Gasteiger partial charge in [-0.05, 0) is 16.4 Å². The fraction of sp³-hybridized carbons (Fsp3) is 0.222. The number of non-ortho nitro benzene ring substituents is 1. The number of nitrogens with zero attached hydrogens (tertiary/aromatic N) is 3. The number of carbonyl (C=O) groups is 1. The lowest BCUT2D eigenvalue weighted by atomic mass is 10.2. The Bertz CT molecular complexity index is 608. The van der Waals surface area contributed by atoms with Crippen molar-refractivity contribution in [2.75, 3.05) is 18.9 Å². The maximum absolute atomic E-state index is 11.1. The second-order valence-corrected chi connectivity index (χ2v) is 3.38. The molecule has 2 N–H and O–H groups in total. The number of fused-ring (bicyclic) bond motifs is 1. The molecule has 1 heterocycles. The number of rotatable bonds is 4. The molecule has 0 aliphatic rings. The molecule has 1 amide bonds. The van der Waals surface area contributed by atoms with E-state index in [2.05, 4.69) is 25.6 Å². The van der Waals surface area contributed by atoms with Crippen LogP contribution >= 0.6 is 0 Å². The maximum atomic E-state index is 11.1. The predicted molar refractivity (Wildman–Crippen MR) is 61.0 cm³/mol. The molecule has 18 heavy (non-hydrogen) atoms. The van der Waals surface area contributed by atoms with E-state index in [1.54, 1.807) is 0 Å². The van der Waals surface area contributed by atoms with Gasteiger partial charge < -0.3 is 10.6 Å². The summed E-state index contributed by atoms with van der Waals surface area (Å²) in [5.74, 6) is -0.224. The lowest BCUT2D eigenvalue weighted by molar-refractivity contribution is -0.383. The standard InChI is InChI=1S/C9H9N5O4/c1-10-7(15)4-11-5-2-3-6(14(16)17)9-8(5)12-18-13-9/h2-3,11H,4H2,1H3,(H,10,15). The van der Waals surface area contributed by atoms with E-state index in [-0.39, 0.29) is 29.2 Å². The highest BCUT2D eigenvalue weighted by atomic mass is 16.6. The molecule has 2 rings (SSSR count). The zero-order valence-corrected chi connectivity index (χ0v) is 9.34. The van der Waals surface area contributed by atoms with Gasteiger partial charge in [0.1, 0.15) is 0 Å².